The number of hydrogen-bond donors (Lipinski definition) is 0. The molecule has 42 heavy (non-hydrogen) atoms. The molecule has 0 N–H and O–H groups in total. The van der Waals surface area contributed by atoms with Gasteiger partial charge in [0.15, 0.2) is 0 Å². The Morgan fingerprint density at radius 1 is 0.643 bits per heavy atom. The Balaban J connectivity index is 1.94. The third-order valence-electron chi connectivity index (χ3n) is 10.2. The van der Waals surface area contributed by atoms with Gasteiger partial charge in [-0.1, -0.05) is 123 Å². The molecule has 3 heteroatoms. The molecule has 2 aromatic rings. The molecule has 3 rings (SSSR count). The summed E-state index contributed by atoms with van der Waals surface area (Å²) < 4.78 is 12.5. The van der Waals surface area contributed by atoms with Gasteiger partial charge >= 0.3 is 5.97 Å². The highest BCUT2D eigenvalue weighted by molar-refractivity contribution is 5.78. The second-order valence-electron chi connectivity index (χ2n) is 13.5. The molecule has 234 valence electrons. The summed E-state index contributed by atoms with van der Waals surface area (Å²) in [6, 6.07) is 17.6. The molecule has 1 aliphatic rings. The minimum Gasteiger partial charge on any atom is -0.488 e. The third kappa shape index (κ3) is 9.10. The normalized spacial score (nSPS) is 19.4. The maximum absolute atomic E-state index is 13.1. The van der Waals surface area contributed by atoms with Gasteiger partial charge in [-0.05, 0) is 87.8 Å². The van der Waals surface area contributed by atoms with Crippen molar-refractivity contribution in [1.29, 1.82) is 0 Å². The van der Waals surface area contributed by atoms with E-state index in [0.29, 0.717) is 5.75 Å². The highest BCUT2D eigenvalue weighted by Gasteiger charge is 2.35. The number of rotatable bonds is 12. The lowest BCUT2D eigenvalue weighted by Gasteiger charge is -2.37. The summed E-state index contributed by atoms with van der Waals surface area (Å²) in [5, 5.41) is 0. The topological polar surface area (TPSA) is 35.5 Å². The van der Waals surface area contributed by atoms with Crippen molar-refractivity contribution < 1.29 is 14.3 Å². The molecule has 1 saturated carbocycles. The molecule has 0 bridgehead atoms. The quantitative estimate of drug-likeness (QED) is 0.186. The van der Waals surface area contributed by atoms with Crippen LogP contribution in [0.2, 0.25) is 0 Å². The zero-order chi connectivity index (χ0) is 30.5. The van der Waals surface area contributed by atoms with Crippen molar-refractivity contribution in [3.63, 3.8) is 0 Å². The van der Waals surface area contributed by atoms with Gasteiger partial charge in [-0.25, -0.2) is 0 Å². The smallest absolute Gasteiger partial charge is 0.317 e. The van der Waals surface area contributed by atoms with Gasteiger partial charge in [-0.2, -0.15) is 0 Å². The van der Waals surface area contributed by atoms with Crippen molar-refractivity contribution in [2.24, 2.45) is 5.41 Å². The van der Waals surface area contributed by atoms with Crippen LogP contribution in [0, 0.1) is 5.41 Å². The highest BCUT2D eigenvalue weighted by Crippen LogP contribution is 2.44. The first-order valence-corrected chi connectivity index (χ1v) is 17.4. The van der Waals surface area contributed by atoms with Crippen molar-refractivity contribution in [3.8, 4) is 11.5 Å². The molecule has 3 nitrogen and oxygen atoms in total. The van der Waals surface area contributed by atoms with E-state index in [9.17, 15) is 4.79 Å². The minimum absolute atomic E-state index is 0.0577. The Labute approximate surface area is 258 Å². The van der Waals surface area contributed by atoms with Crippen LogP contribution < -0.4 is 9.47 Å². The van der Waals surface area contributed by atoms with Crippen LogP contribution in [0.1, 0.15) is 162 Å². The molecule has 0 heterocycles. The molecular weight excluding hydrogens is 516 g/mol. The fraction of sp³-hybridized carbons (Fsp3) is 0.667. The predicted octanol–water partition coefficient (Wildman–Crippen LogP) is 11.7. The molecule has 0 aliphatic heterocycles. The standard InChI is InChI=1S/C39H60O3/c1-7-28-37(5,9-3)36(40)41-34-24-20-32(21-25-34)39(30-18-16-14-12-11-13-15-17-19-31-39)33-22-26-35(27-23-33)42-38(6,10-4)29-8-2/h20-27H,7-19,28-31H2,1-6H3. The van der Waals surface area contributed by atoms with Crippen LogP contribution in [0.4, 0.5) is 0 Å². The molecule has 0 aromatic heterocycles. The van der Waals surface area contributed by atoms with Crippen LogP contribution in [0.25, 0.3) is 0 Å². The van der Waals surface area contributed by atoms with Crippen LogP contribution in [0.5, 0.6) is 11.5 Å². The molecule has 2 unspecified atom stereocenters. The summed E-state index contributed by atoms with van der Waals surface area (Å²) in [5.74, 6) is 1.51. The summed E-state index contributed by atoms with van der Waals surface area (Å²) in [4.78, 5) is 13.1. The van der Waals surface area contributed by atoms with Gasteiger partial charge in [-0.3, -0.25) is 4.79 Å². The number of hydrogen-bond acceptors (Lipinski definition) is 3. The molecule has 0 radical (unpaired) electrons. The van der Waals surface area contributed by atoms with Crippen LogP contribution in [0.15, 0.2) is 48.5 Å². The van der Waals surface area contributed by atoms with Crippen molar-refractivity contribution in [2.45, 2.75) is 162 Å². The van der Waals surface area contributed by atoms with Gasteiger partial charge < -0.3 is 9.47 Å². The molecule has 0 saturated heterocycles. The fourth-order valence-corrected chi connectivity index (χ4v) is 6.96. The van der Waals surface area contributed by atoms with Gasteiger partial charge in [0.05, 0.1) is 5.41 Å². The van der Waals surface area contributed by atoms with E-state index in [4.69, 9.17) is 9.47 Å². The third-order valence-corrected chi connectivity index (χ3v) is 10.2. The average Bonchev–Trinajstić information content (AvgIpc) is 2.99. The lowest BCUT2D eigenvalue weighted by Crippen LogP contribution is -2.32. The van der Waals surface area contributed by atoms with Gasteiger partial charge in [0.25, 0.3) is 0 Å². The summed E-state index contributed by atoms with van der Waals surface area (Å²) >= 11 is 0. The van der Waals surface area contributed by atoms with Gasteiger partial charge in [0.1, 0.15) is 17.1 Å². The fourth-order valence-electron chi connectivity index (χ4n) is 6.96. The van der Waals surface area contributed by atoms with Crippen LogP contribution in [-0.4, -0.2) is 11.6 Å². The van der Waals surface area contributed by atoms with Crippen molar-refractivity contribution >= 4 is 5.97 Å². The molecule has 0 amide bonds. The zero-order valence-electron chi connectivity index (χ0n) is 27.9. The van der Waals surface area contributed by atoms with Gasteiger partial charge in [-0.15, -0.1) is 0 Å². The maximum Gasteiger partial charge on any atom is 0.317 e. The van der Waals surface area contributed by atoms with Crippen LogP contribution >= 0.6 is 0 Å². The van der Waals surface area contributed by atoms with E-state index >= 15 is 0 Å². The van der Waals surface area contributed by atoms with E-state index in [0.717, 1.165) is 57.1 Å². The van der Waals surface area contributed by atoms with E-state index in [-0.39, 0.29) is 17.0 Å². The Bertz CT molecular complexity index is 1040. The van der Waals surface area contributed by atoms with E-state index in [1.165, 1.54) is 68.9 Å². The monoisotopic (exact) mass is 576 g/mol. The molecule has 2 aromatic carbocycles. The van der Waals surface area contributed by atoms with E-state index in [2.05, 4.69) is 71.0 Å². The number of ether oxygens (including phenoxy) is 2. The maximum atomic E-state index is 13.1. The predicted molar refractivity (Wildman–Crippen MR) is 178 cm³/mol. The molecule has 1 aliphatic carbocycles. The Kier molecular flexibility index (Phi) is 13.5. The van der Waals surface area contributed by atoms with E-state index in [1.54, 1.807) is 0 Å². The summed E-state index contributed by atoms with van der Waals surface area (Å²) in [7, 11) is 0. The number of esters is 1. The number of benzene rings is 2. The Hall–Kier alpha value is -2.29. The second kappa shape index (κ2) is 16.5. The largest absolute Gasteiger partial charge is 0.488 e. The number of carbonyl (C=O) groups is 1. The lowest BCUT2D eigenvalue weighted by atomic mass is 9.67. The van der Waals surface area contributed by atoms with Crippen molar-refractivity contribution in [3.05, 3.63) is 59.7 Å². The summed E-state index contributed by atoms with van der Waals surface area (Å²) in [5.41, 5.74) is 2.10. The summed E-state index contributed by atoms with van der Waals surface area (Å²) in [6.45, 7) is 12.9. The second-order valence-corrected chi connectivity index (χ2v) is 13.5. The first-order valence-electron chi connectivity index (χ1n) is 17.4. The van der Waals surface area contributed by atoms with E-state index in [1.807, 2.05) is 19.1 Å². The molecule has 1 fully saturated rings. The first-order chi connectivity index (χ1) is 20.2. The zero-order valence-corrected chi connectivity index (χ0v) is 27.9. The van der Waals surface area contributed by atoms with E-state index < -0.39 is 5.41 Å². The minimum atomic E-state index is -0.434. The van der Waals surface area contributed by atoms with Crippen LogP contribution in [-0.2, 0) is 10.2 Å². The lowest BCUT2D eigenvalue weighted by molar-refractivity contribution is -0.145. The van der Waals surface area contributed by atoms with Gasteiger partial charge in [0.2, 0.25) is 0 Å². The number of carbonyl (C=O) groups excluding carboxylic acids is 1. The van der Waals surface area contributed by atoms with Gasteiger partial charge in [0, 0.05) is 5.41 Å². The Morgan fingerprint density at radius 2 is 1.10 bits per heavy atom. The molecular formula is C39H60O3. The SMILES string of the molecule is CCCC(C)(CC)Oc1ccc(C2(c3ccc(OC(=O)C(C)(CC)CCC)cc3)CCCCCCCCCCC2)cc1. The molecule has 2 atom stereocenters. The van der Waals surface area contributed by atoms with Crippen LogP contribution in [0.3, 0.4) is 0 Å². The highest BCUT2D eigenvalue weighted by atomic mass is 16.5. The summed E-state index contributed by atoms with van der Waals surface area (Å²) in [6.07, 6.45) is 19.9. The first kappa shape index (κ1) is 34.2. The van der Waals surface area contributed by atoms with Crippen molar-refractivity contribution in [2.75, 3.05) is 0 Å². The average molecular weight is 577 g/mol. The molecule has 0 spiro atoms. The Morgan fingerprint density at radius 3 is 1.52 bits per heavy atom. The van der Waals surface area contributed by atoms with Crippen molar-refractivity contribution in [1.82, 2.24) is 0 Å².